The highest BCUT2D eigenvalue weighted by Crippen LogP contribution is 2.40. The van der Waals surface area contributed by atoms with Gasteiger partial charge in [0.1, 0.15) is 12.1 Å². The summed E-state index contributed by atoms with van der Waals surface area (Å²) < 4.78 is 5.26. The van der Waals surface area contributed by atoms with Gasteiger partial charge in [0.2, 0.25) is 0 Å². The number of alkyl carbamates (subject to hydrolysis) is 1. The van der Waals surface area contributed by atoms with Crippen LogP contribution in [-0.2, 0) is 16.1 Å². The van der Waals surface area contributed by atoms with Crippen molar-refractivity contribution in [2.45, 2.75) is 52.2 Å². The molecule has 1 aliphatic heterocycles. The molecule has 2 rings (SSSR count). The molecule has 198 valence electrons. The van der Waals surface area contributed by atoms with E-state index in [1.807, 2.05) is 51.1 Å². The number of nitrogens with zero attached hydrogens (tertiary/aromatic N) is 1. The molecular weight excluding hydrogens is 446 g/mol. The first-order valence-corrected chi connectivity index (χ1v) is 12.8. The Morgan fingerprint density at radius 2 is 1.51 bits per heavy atom. The van der Waals surface area contributed by atoms with Crippen molar-refractivity contribution in [3.8, 4) is 0 Å². The van der Waals surface area contributed by atoms with E-state index in [4.69, 9.17) is 4.74 Å². The normalized spacial score (nSPS) is 18.5. The summed E-state index contributed by atoms with van der Waals surface area (Å²) >= 11 is 0. The lowest BCUT2D eigenvalue weighted by atomic mass is 9.69. The predicted molar refractivity (Wildman–Crippen MR) is 138 cm³/mol. The lowest BCUT2D eigenvalue weighted by Crippen LogP contribution is -2.64. The van der Waals surface area contributed by atoms with E-state index < -0.39 is 23.0 Å². The van der Waals surface area contributed by atoms with E-state index in [0.29, 0.717) is 38.9 Å². The minimum atomic E-state index is -1.01. The van der Waals surface area contributed by atoms with Crippen molar-refractivity contribution in [2.75, 3.05) is 58.9 Å². The van der Waals surface area contributed by atoms with Gasteiger partial charge in [-0.05, 0) is 30.2 Å². The molecule has 9 nitrogen and oxygen atoms in total. The zero-order valence-corrected chi connectivity index (χ0v) is 21.7. The second-order valence-corrected chi connectivity index (χ2v) is 10.1. The van der Waals surface area contributed by atoms with Gasteiger partial charge in [-0.2, -0.15) is 0 Å². The van der Waals surface area contributed by atoms with Gasteiger partial charge in [-0.1, -0.05) is 51.1 Å². The molecule has 0 saturated carbocycles. The van der Waals surface area contributed by atoms with Gasteiger partial charge in [-0.3, -0.25) is 9.69 Å². The molecule has 1 heterocycles. The van der Waals surface area contributed by atoms with E-state index in [1.54, 1.807) is 0 Å². The molecule has 1 amide bonds. The van der Waals surface area contributed by atoms with Crippen LogP contribution >= 0.6 is 0 Å². The zero-order valence-electron chi connectivity index (χ0n) is 21.7. The Balaban J connectivity index is 1.93. The van der Waals surface area contributed by atoms with Gasteiger partial charge in [0.15, 0.2) is 0 Å². The average molecular weight is 492 g/mol. The SMILES string of the molecule is CC(C)(C)C(CCCCNC(=O)OCc1ccccc1)(C(=O)O)N1CCNCCNCCNCC1. The third-order valence-corrected chi connectivity index (χ3v) is 6.66. The molecule has 1 atom stereocenters. The number of hydrogen-bond acceptors (Lipinski definition) is 7. The van der Waals surface area contributed by atoms with Crippen LogP contribution in [-0.4, -0.2) is 86.5 Å². The number of hydrogen-bond donors (Lipinski definition) is 5. The van der Waals surface area contributed by atoms with Gasteiger partial charge in [0.05, 0.1) is 0 Å². The lowest BCUT2D eigenvalue weighted by Gasteiger charge is -2.49. The molecule has 0 bridgehead atoms. The van der Waals surface area contributed by atoms with Crippen LogP contribution in [0.15, 0.2) is 30.3 Å². The lowest BCUT2D eigenvalue weighted by molar-refractivity contribution is -0.162. The van der Waals surface area contributed by atoms with Crippen LogP contribution in [0.5, 0.6) is 0 Å². The van der Waals surface area contributed by atoms with Crippen molar-refractivity contribution in [1.82, 2.24) is 26.2 Å². The van der Waals surface area contributed by atoms with Gasteiger partial charge in [-0.25, -0.2) is 4.79 Å². The number of carboxylic acid groups (broad SMARTS) is 1. The molecule has 1 aromatic rings. The number of unbranched alkanes of at least 4 members (excludes halogenated alkanes) is 1. The number of carboxylic acids is 1. The molecule has 1 unspecified atom stereocenters. The average Bonchev–Trinajstić information content (AvgIpc) is 2.80. The summed E-state index contributed by atoms with van der Waals surface area (Å²) in [5.74, 6) is -0.783. The summed E-state index contributed by atoms with van der Waals surface area (Å²) in [4.78, 5) is 27.0. The Hall–Kier alpha value is -2.20. The number of aliphatic carboxylic acids is 1. The van der Waals surface area contributed by atoms with Crippen LogP contribution in [0.25, 0.3) is 0 Å². The third kappa shape index (κ3) is 9.40. The number of carbonyl (C=O) groups excluding carboxylic acids is 1. The fourth-order valence-corrected chi connectivity index (χ4v) is 4.69. The van der Waals surface area contributed by atoms with Gasteiger partial charge in [-0.15, -0.1) is 0 Å². The maximum atomic E-state index is 12.9. The Morgan fingerprint density at radius 3 is 2.06 bits per heavy atom. The van der Waals surface area contributed by atoms with Crippen LogP contribution in [0, 0.1) is 5.41 Å². The number of nitrogens with one attached hydrogen (secondary N) is 4. The Labute approximate surface area is 210 Å². The molecule has 9 heteroatoms. The first-order valence-electron chi connectivity index (χ1n) is 12.8. The quantitative estimate of drug-likeness (QED) is 0.334. The van der Waals surface area contributed by atoms with E-state index in [0.717, 1.165) is 44.8 Å². The number of ether oxygens (including phenoxy) is 1. The van der Waals surface area contributed by atoms with Crippen molar-refractivity contribution in [3.05, 3.63) is 35.9 Å². The van der Waals surface area contributed by atoms with E-state index in [1.165, 1.54) is 0 Å². The van der Waals surface area contributed by atoms with E-state index in [2.05, 4.69) is 26.2 Å². The second kappa shape index (κ2) is 15.0. The molecular formula is C26H45N5O4. The number of benzene rings is 1. The van der Waals surface area contributed by atoms with E-state index in [-0.39, 0.29) is 6.61 Å². The maximum Gasteiger partial charge on any atom is 0.407 e. The maximum absolute atomic E-state index is 12.9. The van der Waals surface area contributed by atoms with Gasteiger partial charge in [0, 0.05) is 58.9 Å². The number of carbonyl (C=O) groups is 2. The zero-order chi connectivity index (χ0) is 25.6. The highest BCUT2D eigenvalue weighted by Gasteiger charge is 2.52. The van der Waals surface area contributed by atoms with Crippen molar-refractivity contribution < 1.29 is 19.4 Å². The number of rotatable bonds is 9. The first kappa shape index (κ1) is 29.0. The molecule has 0 aliphatic carbocycles. The summed E-state index contributed by atoms with van der Waals surface area (Å²) in [6, 6.07) is 9.54. The molecule has 0 radical (unpaired) electrons. The largest absolute Gasteiger partial charge is 0.480 e. The molecule has 5 N–H and O–H groups in total. The molecule has 0 aromatic heterocycles. The van der Waals surface area contributed by atoms with Crippen molar-refractivity contribution >= 4 is 12.1 Å². The van der Waals surface area contributed by atoms with Crippen molar-refractivity contribution in [1.29, 1.82) is 0 Å². The fraction of sp³-hybridized carbons (Fsp3) is 0.692. The minimum absolute atomic E-state index is 0.228. The van der Waals surface area contributed by atoms with Crippen molar-refractivity contribution in [3.63, 3.8) is 0 Å². The minimum Gasteiger partial charge on any atom is -0.480 e. The van der Waals surface area contributed by atoms with Crippen LogP contribution in [0.3, 0.4) is 0 Å². The smallest absolute Gasteiger partial charge is 0.407 e. The molecule has 1 aromatic carbocycles. The monoisotopic (exact) mass is 491 g/mol. The number of amides is 1. The predicted octanol–water partition coefficient (Wildman–Crippen LogP) is 2.04. The first-order chi connectivity index (χ1) is 16.8. The molecule has 1 saturated heterocycles. The molecule has 1 aliphatic rings. The third-order valence-electron chi connectivity index (χ3n) is 6.66. The highest BCUT2D eigenvalue weighted by molar-refractivity contribution is 5.80. The fourth-order valence-electron chi connectivity index (χ4n) is 4.69. The van der Waals surface area contributed by atoms with Crippen LogP contribution in [0.2, 0.25) is 0 Å². The van der Waals surface area contributed by atoms with Crippen LogP contribution < -0.4 is 21.3 Å². The topological polar surface area (TPSA) is 115 Å². The molecule has 35 heavy (non-hydrogen) atoms. The summed E-state index contributed by atoms with van der Waals surface area (Å²) in [6.07, 6.45) is 1.42. The van der Waals surface area contributed by atoms with Gasteiger partial charge >= 0.3 is 12.1 Å². The van der Waals surface area contributed by atoms with Gasteiger partial charge in [0.25, 0.3) is 0 Å². The highest BCUT2D eigenvalue weighted by atomic mass is 16.5. The molecule has 1 fully saturated rings. The molecule has 0 spiro atoms. The summed E-state index contributed by atoms with van der Waals surface area (Å²) in [7, 11) is 0. The van der Waals surface area contributed by atoms with Crippen molar-refractivity contribution in [2.24, 2.45) is 5.41 Å². The Kier molecular flexibility index (Phi) is 12.5. The Bertz CT molecular complexity index is 744. The van der Waals surface area contributed by atoms with Crippen LogP contribution in [0.4, 0.5) is 4.79 Å². The summed E-state index contributed by atoms with van der Waals surface area (Å²) in [5.41, 5.74) is -0.545. The standard InChI is InChI=1S/C26H45N5O4/c1-25(2,3)26(23(32)33,31-19-17-28-15-13-27-14-16-29-18-20-31)11-7-8-12-30-24(34)35-21-22-9-5-4-6-10-22/h4-6,9-10,27-29H,7-8,11-21H2,1-3H3,(H,30,34)(H,32,33). The summed E-state index contributed by atoms with van der Waals surface area (Å²) in [6.45, 7) is 13.0. The summed E-state index contributed by atoms with van der Waals surface area (Å²) in [5, 5.41) is 23.6. The second-order valence-electron chi connectivity index (χ2n) is 10.1. The van der Waals surface area contributed by atoms with E-state index >= 15 is 0 Å². The van der Waals surface area contributed by atoms with Crippen LogP contribution in [0.1, 0.15) is 45.6 Å². The van der Waals surface area contributed by atoms with Gasteiger partial charge < -0.3 is 31.1 Å². The Morgan fingerprint density at radius 1 is 0.943 bits per heavy atom. The van der Waals surface area contributed by atoms with E-state index in [9.17, 15) is 14.7 Å².